The Kier molecular flexibility index (Phi) is 6.38. The Balaban J connectivity index is 1.80. The van der Waals surface area contributed by atoms with Crippen LogP contribution in [0, 0.1) is 18.3 Å². The van der Waals surface area contributed by atoms with Crippen LogP contribution < -0.4 is 5.32 Å². The van der Waals surface area contributed by atoms with Gasteiger partial charge in [-0.1, -0.05) is 6.58 Å². The van der Waals surface area contributed by atoms with Gasteiger partial charge in [0.25, 0.3) is 0 Å². The van der Waals surface area contributed by atoms with Gasteiger partial charge < -0.3 is 10.2 Å². The number of ketones is 1. The number of hydrogen-bond donors (Lipinski definition) is 1. The lowest BCUT2D eigenvalue weighted by Crippen LogP contribution is -2.17. The van der Waals surface area contributed by atoms with Crippen LogP contribution in [0.5, 0.6) is 0 Å². The molecule has 1 N–H and O–H groups in total. The lowest BCUT2D eigenvalue weighted by Gasteiger charge is -2.20. The number of benzene rings is 1. The molecule has 0 aliphatic rings. The summed E-state index contributed by atoms with van der Waals surface area (Å²) in [6, 6.07) is 15.1. The van der Waals surface area contributed by atoms with Crippen LogP contribution in [0.2, 0.25) is 0 Å². The smallest absolute Gasteiger partial charge is 0.162 e. The number of aromatic nitrogens is 5. The van der Waals surface area contributed by atoms with E-state index in [1.807, 2.05) is 41.8 Å². The Morgan fingerprint density at radius 1 is 1.17 bits per heavy atom. The number of hydrogen-bond acceptors (Lipinski definition) is 8. The van der Waals surface area contributed by atoms with Gasteiger partial charge in [0, 0.05) is 25.3 Å². The van der Waals surface area contributed by atoms with E-state index >= 15 is 0 Å². The van der Waals surface area contributed by atoms with Gasteiger partial charge in [0.15, 0.2) is 11.6 Å². The highest BCUT2D eigenvalue weighted by atomic mass is 16.1. The summed E-state index contributed by atoms with van der Waals surface area (Å²) in [5, 5.41) is 21.1. The highest BCUT2D eigenvalue weighted by Gasteiger charge is 2.20. The monoisotopic (exact) mass is 464 g/mol. The molecule has 174 valence electrons. The molecule has 1 aromatic carbocycles. The molecular weight excluding hydrogens is 440 g/mol. The molecule has 0 aliphatic carbocycles. The van der Waals surface area contributed by atoms with E-state index in [9.17, 15) is 10.1 Å². The molecule has 3 heterocycles. The molecule has 4 aromatic rings. The van der Waals surface area contributed by atoms with Gasteiger partial charge in [0.1, 0.15) is 23.9 Å². The first kappa shape index (κ1) is 23.3. The number of nitriles is 1. The summed E-state index contributed by atoms with van der Waals surface area (Å²) in [5.41, 5.74) is 4.92. The van der Waals surface area contributed by atoms with Crippen LogP contribution in [0.4, 0.5) is 11.5 Å². The van der Waals surface area contributed by atoms with Crippen molar-refractivity contribution in [2.45, 2.75) is 13.8 Å². The average molecular weight is 465 g/mol. The maximum Gasteiger partial charge on any atom is 0.162 e. The van der Waals surface area contributed by atoms with Crippen molar-refractivity contribution in [1.82, 2.24) is 29.6 Å². The maximum absolute atomic E-state index is 12.4. The number of imidazole rings is 1. The number of nitrogens with one attached hydrogen (secondary N) is 1. The van der Waals surface area contributed by atoms with Gasteiger partial charge in [-0.15, -0.1) is 5.10 Å². The molecular formula is C26H24N8O. The third-order valence-electron chi connectivity index (χ3n) is 5.38. The lowest BCUT2D eigenvalue weighted by atomic mass is 10.0. The number of fused-ring (bicyclic) bond motifs is 1. The van der Waals surface area contributed by atoms with Gasteiger partial charge in [-0.25, -0.2) is 9.97 Å². The summed E-state index contributed by atoms with van der Waals surface area (Å²) in [5.74, 6) is 1.06. The van der Waals surface area contributed by atoms with Crippen LogP contribution in [0.3, 0.4) is 0 Å². The summed E-state index contributed by atoms with van der Waals surface area (Å²) >= 11 is 0. The van der Waals surface area contributed by atoms with Crippen molar-refractivity contribution in [3.63, 3.8) is 0 Å². The summed E-state index contributed by atoms with van der Waals surface area (Å²) in [6.45, 7) is 7.10. The summed E-state index contributed by atoms with van der Waals surface area (Å²) in [4.78, 5) is 23.5. The molecule has 35 heavy (non-hydrogen) atoms. The first-order valence-corrected chi connectivity index (χ1v) is 10.8. The molecule has 0 bridgehead atoms. The Bertz CT molecular complexity index is 1510. The van der Waals surface area contributed by atoms with Crippen LogP contribution in [-0.4, -0.2) is 49.5 Å². The van der Waals surface area contributed by atoms with Gasteiger partial charge in [-0.05, 0) is 62.4 Å². The van der Waals surface area contributed by atoms with E-state index in [-0.39, 0.29) is 5.78 Å². The highest BCUT2D eigenvalue weighted by Crippen LogP contribution is 2.27. The SMILES string of the molecule is C=C/C(C#N)=C(/c1nc(-n2cnc3cc(Nc4ccc(C)nn4)ccc32)ccc1C(C)=O)N(C)C. The molecule has 9 nitrogen and oxygen atoms in total. The molecule has 0 radical (unpaired) electrons. The molecule has 0 spiro atoms. The molecule has 0 fully saturated rings. The quantitative estimate of drug-likeness (QED) is 0.243. The van der Waals surface area contributed by atoms with Gasteiger partial charge >= 0.3 is 0 Å². The third-order valence-corrected chi connectivity index (χ3v) is 5.38. The van der Waals surface area contributed by atoms with E-state index in [1.165, 1.54) is 13.0 Å². The van der Waals surface area contributed by atoms with Crippen molar-refractivity contribution in [2.75, 3.05) is 19.4 Å². The zero-order chi connectivity index (χ0) is 25.1. The minimum absolute atomic E-state index is 0.148. The molecule has 0 aliphatic heterocycles. The van der Waals surface area contributed by atoms with E-state index in [4.69, 9.17) is 4.98 Å². The van der Waals surface area contributed by atoms with Crippen LogP contribution in [0.1, 0.15) is 28.7 Å². The van der Waals surface area contributed by atoms with Crippen LogP contribution in [-0.2, 0) is 0 Å². The predicted octanol–water partition coefficient (Wildman–Crippen LogP) is 4.45. The van der Waals surface area contributed by atoms with Crippen molar-refractivity contribution in [2.24, 2.45) is 0 Å². The van der Waals surface area contributed by atoms with Gasteiger partial charge in [-0.2, -0.15) is 10.4 Å². The Labute approximate surface area is 203 Å². The summed E-state index contributed by atoms with van der Waals surface area (Å²) in [7, 11) is 3.60. The zero-order valence-corrected chi connectivity index (χ0v) is 19.9. The zero-order valence-electron chi connectivity index (χ0n) is 19.9. The lowest BCUT2D eigenvalue weighted by molar-refractivity contribution is 0.101. The first-order valence-electron chi connectivity index (χ1n) is 10.8. The summed E-state index contributed by atoms with van der Waals surface area (Å²) < 4.78 is 1.84. The second-order valence-corrected chi connectivity index (χ2v) is 8.10. The molecule has 0 amide bonds. The number of pyridine rings is 1. The fraction of sp³-hybridized carbons (Fsp3) is 0.154. The average Bonchev–Trinajstić information content (AvgIpc) is 3.26. The molecule has 3 aromatic heterocycles. The fourth-order valence-electron chi connectivity index (χ4n) is 3.71. The fourth-order valence-corrected chi connectivity index (χ4v) is 3.71. The molecule has 0 unspecified atom stereocenters. The Morgan fingerprint density at radius 2 is 1.97 bits per heavy atom. The molecule has 9 heteroatoms. The maximum atomic E-state index is 12.4. The topological polar surface area (TPSA) is 113 Å². The number of Topliss-reactive ketones (excluding diaryl/α,β-unsaturated/α-hetero) is 1. The van der Waals surface area contributed by atoms with E-state index < -0.39 is 0 Å². The number of aryl methyl sites for hydroxylation is 1. The Hall–Kier alpha value is -4.84. The van der Waals surface area contributed by atoms with Crippen molar-refractivity contribution in [3.8, 4) is 11.9 Å². The number of nitrogens with zero attached hydrogens (tertiary/aromatic N) is 7. The van der Waals surface area contributed by atoms with Crippen molar-refractivity contribution in [3.05, 3.63) is 84.0 Å². The minimum atomic E-state index is -0.148. The second-order valence-electron chi connectivity index (χ2n) is 8.10. The van der Waals surface area contributed by atoms with E-state index in [0.29, 0.717) is 34.2 Å². The van der Waals surface area contributed by atoms with Crippen LogP contribution >= 0.6 is 0 Å². The Morgan fingerprint density at radius 3 is 2.60 bits per heavy atom. The van der Waals surface area contributed by atoms with E-state index in [1.54, 1.807) is 37.5 Å². The molecule has 0 saturated carbocycles. The van der Waals surface area contributed by atoms with Crippen LogP contribution in [0.15, 0.2) is 67.0 Å². The normalized spacial score (nSPS) is 11.5. The van der Waals surface area contributed by atoms with Crippen molar-refractivity contribution in [1.29, 1.82) is 5.26 Å². The van der Waals surface area contributed by atoms with Gasteiger partial charge in [0.2, 0.25) is 0 Å². The van der Waals surface area contributed by atoms with Crippen molar-refractivity contribution >= 4 is 34.0 Å². The van der Waals surface area contributed by atoms with Crippen LogP contribution in [0.25, 0.3) is 22.5 Å². The third kappa shape index (κ3) is 4.63. The number of allylic oxidation sites excluding steroid dienone is 2. The predicted molar refractivity (Wildman–Crippen MR) is 135 cm³/mol. The number of carbonyl (C=O) groups is 1. The van der Waals surface area contributed by atoms with Crippen molar-refractivity contribution < 1.29 is 4.79 Å². The standard InChI is InChI=1S/C26H24N8O/c1-6-18(14-27)26(33(4)5)25-20(17(3)35)9-12-24(30-25)34-15-28-21-13-19(8-10-22(21)34)29-23-11-7-16(2)31-32-23/h6-13,15H,1H2,2-5H3,(H,29,32)/b26-18+. The first-order chi connectivity index (χ1) is 16.8. The number of carbonyl (C=O) groups excluding carboxylic acids is 1. The second kappa shape index (κ2) is 9.57. The minimum Gasteiger partial charge on any atom is -0.375 e. The summed E-state index contributed by atoms with van der Waals surface area (Å²) in [6.07, 6.45) is 3.14. The molecule has 0 atom stereocenters. The molecule has 0 saturated heterocycles. The number of anilines is 2. The highest BCUT2D eigenvalue weighted by molar-refractivity contribution is 5.99. The van der Waals surface area contributed by atoms with Gasteiger partial charge in [0.05, 0.1) is 28.0 Å². The molecule has 4 rings (SSSR count). The van der Waals surface area contributed by atoms with E-state index in [2.05, 4.69) is 33.1 Å². The van der Waals surface area contributed by atoms with Gasteiger partial charge in [-0.3, -0.25) is 9.36 Å². The van der Waals surface area contributed by atoms with E-state index in [0.717, 1.165) is 22.4 Å². The largest absolute Gasteiger partial charge is 0.375 e. The number of rotatable bonds is 7.